The van der Waals surface area contributed by atoms with Crippen LogP contribution < -0.4 is 5.56 Å². The maximum atomic E-state index is 13.9. The Kier molecular flexibility index (Phi) is 5.21. The second-order valence-corrected chi connectivity index (χ2v) is 12.4. The standard InChI is InChI=1S/C31H39N3O3/c1-3-5-13-33-14-12-31-24-16-23(35)8-6-20(24)15-26(33)30(31)11-10-25-28(31)22(17-30)19-34(25)29(37)21-7-9-27(36)32(4-2)18-21/h6-9,16,18,22,25-26,28,35H,3-5,10-15,17,19H2,1-2H3/t22-,25?,26?,28?,30?,31?/m1/s1. The fraction of sp³-hybridized carbons (Fsp3) is 0.613. The largest absolute Gasteiger partial charge is 0.508 e. The molecule has 3 aliphatic carbocycles. The molecule has 6 atom stereocenters. The highest BCUT2D eigenvalue weighted by atomic mass is 16.3. The molecule has 6 nitrogen and oxygen atoms in total. The van der Waals surface area contributed by atoms with Crippen LogP contribution in [0, 0.1) is 17.3 Å². The molecule has 5 unspecified atom stereocenters. The van der Waals surface area contributed by atoms with Crippen LogP contribution in [0.5, 0.6) is 5.75 Å². The lowest BCUT2D eigenvalue weighted by molar-refractivity contribution is -0.101. The molecule has 2 saturated heterocycles. The third kappa shape index (κ3) is 2.96. The number of rotatable bonds is 5. The SMILES string of the molecule is CCCCN1CCC23c4cc(O)ccc4CC1C21CCC2C3[C@@H](CN2C(=O)c2ccc(=O)n(CC)c2)C1. The molecule has 5 aliphatic rings. The summed E-state index contributed by atoms with van der Waals surface area (Å²) < 4.78 is 1.63. The number of fused-ring (bicyclic) bond motifs is 1. The second-order valence-electron chi connectivity index (χ2n) is 12.4. The van der Waals surface area contributed by atoms with Crippen LogP contribution in [-0.4, -0.2) is 57.1 Å². The summed E-state index contributed by atoms with van der Waals surface area (Å²) in [6.07, 6.45) is 9.85. The van der Waals surface area contributed by atoms with Crippen LogP contribution in [0.3, 0.4) is 0 Å². The number of carbonyl (C=O) groups is 1. The molecule has 196 valence electrons. The highest BCUT2D eigenvalue weighted by molar-refractivity contribution is 5.94. The normalized spacial score (nSPS) is 35.4. The van der Waals surface area contributed by atoms with Gasteiger partial charge < -0.3 is 14.6 Å². The number of likely N-dealkylation sites (tertiary alicyclic amines) is 2. The molecule has 4 fully saturated rings. The Bertz CT molecular complexity index is 1320. The predicted octanol–water partition coefficient (Wildman–Crippen LogP) is 4.18. The minimum Gasteiger partial charge on any atom is -0.508 e. The molecule has 0 radical (unpaired) electrons. The number of phenolic OH excluding ortho intramolecular Hbond substituents is 1. The van der Waals surface area contributed by atoms with Crippen molar-refractivity contribution in [1.82, 2.24) is 14.4 Å². The zero-order valence-corrected chi connectivity index (χ0v) is 22.2. The summed E-state index contributed by atoms with van der Waals surface area (Å²) in [6.45, 7) is 7.91. The van der Waals surface area contributed by atoms with Crippen molar-refractivity contribution in [2.24, 2.45) is 17.3 Å². The first kappa shape index (κ1) is 23.5. The van der Waals surface area contributed by atoms with Crippen molar-refractivity contribution in [3.8, 4) is 5.75 Å². The van der Waals surface area contributed by atoms with Crippen molar-refractivity contribution >= 4 is 5.91 Å². The fourth-order valence-corrected chi connectivity index (χ4v) is 10.0. The van der Waals surface area contributed by atoms with E-state index >= 15 is 0 Å². The minimum atomic E-state index is -0.0572. The molecule has 4 bridgehead atoms. The van der Waals surface area contributed by atoms with Gasteiger partial charge in [0.05, 0.1) is 5.56 Å². The van der Waals surface area contributed by atoms with Crippen LogP contribution in [0.1, 0.15) is 73.9 Å². The van der Waals surface area contributed by atoms with Crippen molar-refractivity contribution in [3.05, 3.63) is 63.6 Å². The molecular weight excluding hydrogens is 462 g/mol. The zero-order valence-electron chi connectivity index (χ0n) is 22.2. The van der Waals surface area contributed by atoms with E-state index in [0.29, 0.717) is 35.7 Å². The quantitative estimate of drug-likeness (QED) is 0.668. The summed E-state index contributed by atoms with van der Waals surface area (Å²) in [5.74, 6) is 1.39. The Labute approximate surface area is 219 Å². The number of nitrogens with zero attached hydrogens (tertiary/aromatic N) is 3. The first-order valence-corrected chi connectivity index (χ1v) is 14.5. The Balaban J connectivity index is 1.31. The van der Waals surface area contributed by atoms with E-state index in [4.69, 9.17) is 0 Å². The maximum absolute atomic E-state index is 13.9. The molecule has 1 aromatic heterocycles. The number of hydrogen-bond acceptors (Lipinski definition) is 4. The number of hydrogen-bond donors (Lipinski definition) is 1. The van der Waals surface area contributed by atoms with Crippen molar-refractivity contribution in [2.75, 3.05) is 19.6 Å². The van der Waals surface area contributed by atoms with Crippen LogP contribution in [0.4, 0.5) is 0 Å². The second kappa shape index (κ2) is 8.20. The molecule has 0 spiro atoms. The van der Waals surface area contributed by atoms with Crippen LogP contribution >= 0.6 is 0 Å². The fourth-order valence-electron chi connectivity index (χ4n) is 10.0. The van der Waals surface area contributed by atoms with Gasteiger partial charge in [-0.15, -0.1) is 0 Å². The van der Waals surface area contributed by atoms with Gasteiger partial charge in [-0.1, -0.05) is 19.4 Å². The highest BCUT2D eigenvalue weighted by Crippen LogP contribution is 2.75. The number of piperidine rings is 1. The van der Waals surface area contributed by atoms with Crippen molar-refractivity contribution in [1.29, 1.82) is 0 Å². The number of aromatic hydroxyl groups is 1. The van der Waals surface area contributed by atoms with Crippen LogP contribution in [-0.2, 0) is 18.4 Å². The number of aryl methyl sites for hydroxylation is 1. The van der Waals surface area contributed by atoms with Gasteiger partial charge in [0, 0.05) is 42.9 Å². The molecule has 6 heteroatoms. The monoisotopic (exact) mass is 501 g/mol. The van der Waals surface area contributed by atoms with E-state index < -0.39 is 0 Å². The molecule has 2 aliphatic heterocycles. The van der Waals surface area contributed by atoms with Crippen LogP contribution in [0.25, 0.3) is 0 Å². The average Bonchev–Trinajstić information content (AvgIpc) is 3.35. The highest BCUT2D eigenvalue weighted by Gasteiger charge is 2.76. The molecule has 3 heterocycles. The average molecular weight is 502 g/mol. The molecule has 2 aromatic rings. The molecule has 1 amide bonds. The Hall–Kier alpha value is -2.60. The van der Waals surface area contributed by atoms with Crippen molar-refractivity contribution in [2.45, 2.75) is 82.8 Å². The van der Waals surface area contributed by atoms with E-state index in [1.807, 2.05) is 13.0 Å². The van der Waals surface area contributed by atoms with E-state index in [1.54, 1.807) is 16.8 Å². The van der Waals surface area contributed by atoms with Crippen LogP contribution in [0.15, 0.2) is 41.3 Å². The van der Waals surface area contributed by atoms with Gasteiger partial charge >= 0.3 is 0 Å². The summed E-state index contributed by atoms with van der Waals surface area (Å²) >= 11 is 0. The van der Waals surface area contributed by atoms with Gasteiger partial charge in [-0.3, -0.25) is 14.5 Å². The Morgan fingerprint density at radius 1 is 1.16 bits per heavy atom. The van der Waals surface area contributed by atoms with Gasteiger partial charge in [-0.2, -0.15) is 0 Å². The molecule has 1 aromatic carbocycles. The third-order valence-electron chi connectivity index (χ3n) is 11.2. The maximum Gasteiger partial charge on any atom is 0.255 e. The van der Waals surface area contributed by atoms with E-state index in [1.165, 1.54) is 43.0 Å². The number of aromatic nitrogens is 1. The topological polar surface area (TPSA) is 65.8 Å². The lowest BCUT2D eigenvalue weighted by Crippen LogP contribution is -2.69. The van der Waals surface area contributed by atoms with Gasteiger partial charge in [-0.05, 0) is 105 Å². The van der Waals surface area contributed by atoms with Gasteiger partial charge in [0.2, 0.25) is 0 Å². The van der Waals surface area contributed by atoms with E-state index in [-0.39, 0.29) is 28.3 Å². The first-order chi connectivity index (χ1) is 17.9. The smallest absolute Gasteiger partial charge is 0.255 e. The molecular formula is C31H39N3O3. The van der Waals surface area contributed by atoms with E-state index in [2.05, 4.69) is 28.9 Å². The summed E-state index contributed by atoms with van der Waals surface area (Å²) in [5.41, 5.74) is 3.67. The molecule has 37 heavy (non-hydrogen) atoms. The van der Waals surface area contributed by atoms with E-state index in [9.17, 15) is 14.7 Å². The van der Waals surface area contributed by atoms with E-state index in [0.717, 1.165) is 38.8 Å². The Morgan fingerprint density at radius 2 is 2.03 bits per heavy atom. The predicted molar refractivity (Wildman–Crippen MR) is 143 cm³/mol. The number of phenols is 1. The summed E-state index contributed by atoms with van der Waals surface area (Å²) in [6, 6.07) is 10.2. The van der Waals surface area contributed by atoms with Gasteiger partial charge in [0.15, 0.2) is 0 Å². The molecule has 2 saturated carbocycles. The molecule has 7 rings (SSSR count). The number of amides is 1. The number of carbonyl (C=O) groups excluding carboxylic acids is 1. The van der Waals surface area contributed by atoms with Crippen molar-refractivity contribution in [3.63, 3.8) is 0 Å². The Morgan fingerprint density at radius 3 is 2.84 bits per heavy atom. The zero-order chi connectivity index (χ0) is 25.5. The lowest BCUT2D eigenvalue weighted by Gasteiger charge is -2.66. The van der Waals surface area contributed by atoms with Crippen LogP contribution in [0.2, 0.25) is 0 Å². The lowest BCUT2D eigenvalue weighted by atomic mass is 9.43. The third-order valence-corrected chi connectivity index (χ3v) is 11.2. The van der Waals surface area contributed by atoms with Crippen molar-refractivity contribution < 1.29 is 9.90 Å². The molecule has 1 N–H and O–H groups in total. The summed E-state index contributed by atoms with van der Waals surface area (Å²) in [5, 5.41) is 10.6. The first-order valence-electron chi connectivity index (χ1n) is 14.5. The summed E-state index contributed by atoms with van der Waals surface area (Å²) in [7, 11) is 0. The number of pyridine rings is 1. The minimum absolute atomic E-state index is 0.0392. The van der Waals surface area contributed by atoms with Gasteiger partial charge in [0.1, 0.15) is 5.75 Å². The van der Waals surface area contributed by atoms with Gasteiger partial charge in [-0.25, -0.2) is 0 Å². The number of unbranched alkanes of at least 4 members (excludes halogenated alkanes) is 1. The number of benzene rings is 1. The summed E-state index contributed by atoms with van der Waals surface area (Å²) in [4.78, 5) is 31.0. The van der Waals surface area contributed by atoms with Gasteiger partial charge in [0.25, 0.3) is 11.5 Å².